The molecule has 2 atom stereocenters. The van der Waals surface area contributed by atoms with E-state index < -0.39 is 12.4 Å². The van der Waals surface area contributed by atoms with Gasteiger partial charge in [0.1, 0.15) is 0 Å². The van der Waals surface area contributed by atoms with Gasteiger partial charge >= 0.3 is 6.80 Å². The van der Waals surface area contributed by atoms with E-state index in [1.165, 1.54) is 23.1 Å². The molecule has 0 N–H and O–H groups in total. The van der Waals surface area contributed by atoms with Crippen LogP contribution in [0.3, 0.4) is 0 Å². The first-order valence-electron chi connectivity index (χ1n) is 11.0. The highest BCUT2D eigenvalue weighted by Crippen LogP contribution is 2.63. The second kappa shape index (κ2) is 13.2. The minimum absolute atomic E-state index is 0.121. The first kappa shape index (κ1) is 28.5. The highest BCUT2D eigenvalue weighted by Gasteiger charge is 2.34. The lowest BCUT2D eigenvalue weighted by Crippen LogP contribution is -2.39. The number of rotatable bonds is 13. The Morgan fingerprint density at radius 3 is 2.37 bits per heavy atom. The molecule has 30 heavy (non-hydrogen) atoms. The number of carbonyl (C=O) groups excluding carboxylic acids is 1. The highest BCUT2D eigenvalue weighted by atomic mass is 32.7. The van der Waals surface area contributed by atoms with E-state index in [9.17, 15) is 9.36 Å². The van der Waals surface area contributed by atoms with Gasteiger partial charge < -0.3 is 4.74 Å². The SMILES string of the molecule is CCCC(C)OP(=O)(OC(C)(C)C)SCCSC(=O)C(C)(C)CCN1CCOCC1. The van der Waals surface area contributed by atoms with Crippen LogP contribution in [0.4, 0.5) is 0 Å². The van der Waals surface area contributed by atoms with Crippen LogP contribution in [0.25, 0.3) is 0 Å². The largest absolute Gasteiger partial charge is 0.389 e. The lowest BCUT2D eigenvalue weighted by molar-refractivity contribution is -0.118. The van der Waals surface area contributed by atoms with Crippen molar-refractivity contribution in [3.05, 3.63) is 0 Å². The van der Waals surface area contributed by atoms with E-state index in [1.807, 2.05) is 41.5 Å². The van der Waals surface area contributed by atoms with Gasteiger partial charge in [0.05, 0.1) is 24.9 Å². The summed E-state index contributed by atoms with van der Waals surface area (Å²) in [7, 11) is 0. The van der Waals surface area contributed by atoms with Crippen molar-refractivity contribution in [3.63, 3.8) is 0 Å². The smallest absolute Gasteiger partial charge is 0.379 e. The Hall–Kier alpha value is 0.440. The number of morpholine rings is 1. The van der Waals surface area contributed by atoms with Gasteiger partial charge in [0, 0.05) is 30.0 Å². The first-order chi connectivity index (χ1) is 13.9. The Kier molecular flexibility index (Phi) is 12.5. The molecule has 1 saturated heterocycles. The van der Waals surface area contributed by atoms with E-state index in [1.54, 1.807) is 0 Å². The van der Waals surface area contributed by atoms with E-state index in [2.05, 4.69) is 11.8 Å². The van der Waals surface area contributed by atoms with Gasteiger partial charge in [0.15, 0.2) is 5.12 Å². The van der Waals surface area contributed by atoms with E-state index in [-0.39, 0.29) is 16.6 Å². The zero-order valence-electron chi connectivity index (χ0n) is 19.9. The molecule has 6 nitrogen and oxygen atoms in total. The van der Waals surface area contributed by atoms with Crippen LogP contribution < -0.4 is 0 Å². The van der Waals surface area contributed by atoms with Crippen LogP contribution in [0, 0.1) is 5.41 Å². The fourth-order valence-electron chi connectivity index (χ4n) is 2.94. The molecule has 0 aromatic rings. The van der Waals surface area contributed by atoms with Crippen molar-refractivity contribution in [2.45, 2.75) is 79.4 Å². The van der Waals surface area contributed by atoms with Gasteiger partial charge in [0.2, 0.25) is 0 Å². The normalized spacial score (nSPS) is 19.4. The molecule has 1 heterocycles. The van der Waals surface area contributed by atoms with E-state index in [4.69, 9.17) is 13.8 Å². The van der Waals surface area contributed by atoms with E-state index in [0.717, 1.165) is 52.1 Å². The predicted molar refractivity (Wildman–Crippen MR) is 129 cm³/mol. The Morgan fingerprint density at radius 2 is 1.80 bits per heavy atom. The average Bonchev–Trinajstić information content (AvgIpc) is 2.63. The maximum Gasteiger partial charge on any atom is 0.389 e. The first-order valence-corrected chi connectivity index (χ1v) is 15.1. The standard InChI is InChI=1S/C21H42NO5PS2/c1-8-9-18(2)26-28(24,27-20(3,4)5)30-17-16-29-19(23)21(6,7)10-11-22-12-14-25-15-13-22/h18H,8-17H2,1-7H3. The molecule has 0 aromatic heterocycles. The molecule has 0 aromatic carbocycles. The molecule has 1 fully saturated rings. The lowest BCUT2D eigenvalue weighted by Gasteiger charge is -2.30. The van der Waals surface area contributed by atoms with Crippen LogP contribution in [-0.4, -0.2) is 66.1 Å². The van der Waals surface area contributed by atoms with Crippen LogP contribution in [0.2, 0.25) is 0 Å². The molecular formula is C21H42NO5PS2. The monoisotopic (exact) mass is 483 g/mol. The summed E-state index contributed by atoms with van der Waals surface area (Å²) in [5, 5.41) is 0.184. The minimum Gasteiger partial charge on any atom is -0.379 e. The highest BCUT2D eigenvalue weighted by molar-refractivity contribution is 8.55. The van der Waals surface area contributed by atoms with E-state index >= 15 is 0 Å². The number of thioether (sulfide) groups is 1. The van der Waals surface area contributed by atoms with Crippen molar-refractivity contribution in [1.82, 2.24) is 4.90 Å². The Labute approximate surface area is 192 Å². The summed E-state index contributed by atoms with van der Waals surface area (Å²) in [5.74, 6) is 1.13. The van der Waals surface area contributed by atoms with Crippen LogP contribution in [-0.2, 0) is 23.1 Å². The van der Waals surface area contributed by atoms with Gasteiger partial charge in [-0.15, -0.1) is 0 Å². The third-order valence-electron chi connectivity index (χ3n) is 4.67. The molecule has 2 unspecified atom stereocenters. The maximum atomic E-state index is 13.2. The summed E-state index contributed by atoms with van der Waals surface area (Å²) in [6.07, 6.45) is 2.51. The second-order valence-corrected chi connectivity index (χ2v) is 14.6. The molecule has 0 radical (unpaired) electrons. The van der Waals surface area contributed by atoms with Crippen molar-refractivity contribution < 1.29 is 23.1 Å². The van der Waals surface area contributed by atoms with Crippen molar-refractivity contribution >= 4 is 35.1 Å². The Balaban J connectivity index is 2.47. The Bertz CT molecular complexity index is 562. The van der Waals surface area contributed by atoms with Gasteiger partial charge in [-0.3, -0.25) is 18.7 Å². The van der Waals surface area contributed by atoms with Crippen LogP contribution in [0.5, 0.6) is 0 Å². The van der Waals surface area contributed by atoms with Gasteiger partial charge in [-0.2, -0.15) is 0 Å². The van der Waals surface area contributed by atoms with Crippen molar-refractivity contribution in [2.75, 3.05) is 44.4 Å². The van der Waals surface area contributed by atoms with Gasteiger partial charge in [0.25, 0.3) is 0 Å². The number of carbonyl (C=O) groups is 1. The van der Waals surface area contributed by atoms with Crippen LogP contribution >= 0.6 is 29.9 Å². The molecule has 0 spiro atoms. The van der Waals surface area contributed by atoms with E-state index in [0.29, 0.717) is 11.5 Å². The van der Waals surface area contributed by atoms with Crippen LogP contribution in [0.15, 0.2) is 0 Å². The molecule has 0 saturated carbocycles. The molecular weight excluding hydrogens is 441 g/mol. The molecule has 0 amide bonds. The number of hydrogen-bond donors (Lipinski definition) is 0. The summed E-state index contributed by atoms with van der Waals surface area (Å²) >= 11 is 2.53. The van der Waals surface area contributed by atoms with Crippen LogP contribution in [0.1, 0.15) is 67.7 Å². The third-order valence-corrected chi connectivity index (χ3v) is 10.2. The third kappa shape index (κ3) is 11.9. The summed E-state index contributed by atoms with van der Waals surface area (Å²) in [6, 6.07) is 0. The fraction of sp³-hybridized carbons (Fsp3) is 0.952. The molecule has 9 heteroatoms. The van der Waals surface area contributed by atoms with Crippen molar-refractivity contribution in [1.29, 1.82) is 0 Å². The zero-order chi connectivity index (χ0) is 22.8. The predicted octanol–water partition coefficient (Wildman–Crippen LogP) is 5.86. The molecule has 178 valence electrons. The van der Waals surface area contributed by atoms with Gasteiger partial charge in [-0.1, -0.05) is 39.0 Å². The molecule has 0 aliphatic carbocycles. The summed E-state index contributed by atoms with van der Waals surface area (Å²) in [4.78, 5) is 15.1. The lowest BCUT2D eigenvalue weighted by atomic mass is 9.91. The molecule has 1 aliphatic heterocycles. The average molecular weight is 484 g/mol. The minimum atomic E-state index is -3.29. The topological polar surface area (TPSA) is 65.1 Å². The van der Waals surface area contributed by atoms with Gasteiger partial charge in [-0.05, 0) is 58.5 Å². The fourth-order valence-corrected chi connectivity index (χ4v) is 8.64. The zero-order valence-corrected chi connectivity index (χ0v) is 22.4. The summed E-state index contributed by atoms with van der Waals surface area (Å²) < 4.78 is 30.3. The summed E-state index contributed by atoms with van der Waals surface area (Å²) in [6.45, 7) is 14.7. The van der Waals surface area contributed by atoms with Crippen molar-refractivity contribution in [2.24, 2.45) is 5.41 Å². The molecule has 1 rings (SSSR count). The molecule has 1 aliphatic rings. The maximum absolute atomic E-state index is 13.2. The van der Waals surface area contributed by atoms with Crippen molar-refractivity contribution in [3.8, 4) is 0 Å². The number of nitrogens with zero attached hydrogens (tertiary/aromatic N) is 1. The second-order valence-electron chi connectivity index (χ2n) is 9.41. The quantitative estimate of drug-likeness (QED) is 0.239. The molecule has 0 bridgehead atoms. The Morgan fingerprint density at radius 1 is 1.17 bits per heavy atom. The number of ether oxygens (including phenoxy) is 1. The summed E-state index contributed by atoms with van der Waals surface area (Å²) in [5.41, 5.74) is -0.940. The van der Waals surface area contributed by atoms with Gasteiger partial charge in [-0.25, -0.2) is 4.57 Å². The number of hydrogen-bond acceptors (Lipinski definition) is 8.